The Morgan fingerprint density at radius 1 is 1.53 bits per heavy atom. The van der Waals surface area contributed by atoms with Gasteiger partial charge in [0.25, 0.3) is 5.91 Å². The van der Waals surface area contributed by atoms with E-state index in [9.17, 15) is 9.59 Å². The monoisotopic (exact) mass is 216 g/mol. The number of nitrogens with zero attached hydrogens (tertiary/aromatic N) is 2. The number of carbonyl (C=O) groups is 2. The van der Waals surface area contributed by atoms with Gasteiger partial charge in [0, 0.05) is 20.1 Å². The van der Waals surface area contributed by atoms with Gasteiger partial charge in [-0.05, 0) is 12.8 Å². The highest BCUT2D eigenvalue weighted by Crippen LogP contribution is 2.18. The van der Waals surface area contributed by atoms with Gasteiger partial charge in [0.05, 0.1) is 13.0 Å². The van der Waals surface area contributed by atoms with Crippen LogP contribution in [0.3, 0.4) is 0 Å². The second-order valence-corrected chi connectivity index (χ2v) is 3.59. The van der Waals surface area contributed by atoms with E-state index in [4.69, 9.17) is 9.94 Å². The minimum absolute atomic E-state index is 0.163. The van der Waals surface area contributed by atoms with Crippen LogP contribution in [0, 0.1) is 5.92 Å². The molecule has 0 aromatic carbocycles. The van der Waals surface area contributed by atoms with Gasteiger partial charge in [0.2, 0.25) is 0 Å². The molecule has 1 N–H and O–H groups in total. The zero-order chi connectivity index (χ0) is 11.4. The molecular weight excluding hydrogens is 200 g/mol. The molecule has 15 heavy (non-hydrogen) atoms. The lowest BCUT2D eigenvalue weighted by atomic mass is 9.97. The van der Waals surface area contributed by atoms with E-state index in [1.165, 1.54) is 19.1 Å². The first-order chi connectivity index (χ1) is 7.06. The zero-order valence-corrected chi connectivity index (χ0v) is 8.97. The van der Waals surface area contributed by atoms with Gasteiger partial charge in [-0.25, -0.2) is 9.86 Å². The molecule has 1 fully saturated rings. The summed E-state index contributed by atoms with van der Waals surface area (Å²) in [7, 11) is 2.94. The quantitative estimate of drug-likeness (QED) is 0.678. The lowest BCUT2D eigenvalue weighted by Crippen LogP contribution is -2.45. The van der Waals surface area contributed by atoms with E-state index in [0.717, 1.165) is 17.9 Å². The highest BCUT2D eigenvalue weighted by molar-refractivity contribution is 5.78. The van der Waals surface area contributed by atoms with E-state index in [2.05, 4.69) is 0 Å². The minimum Gasteiger partial charge on any atom is -0.465 e. The summed E-state index contributed by atoms with van der Waals surface area (Å²) < 4.78 is 0. The van der Waals surface area contributed by atoms with Gasteiger partial charge < -0.3 is 10.0 Å². The van der Waals surface area contributed by atoms with Crippen LogP contribution in [-0.4, -0.2) is 54.3 Å². The van der Waals surface area contributed by atoms with Crippen molar-refractivity contribution < 1.29 is 19.5 Å². The van der Waals surface area contributed by atoms with Crippen LogP contribution in [0.1, 0.15) is 12.8 Å². The molecule has 6 nitrogen and oxygen atoms in total. The Morgan fingerprint density at radius 3 is 2.73 bits per heavy atom. The first-order valence-electron chi connectivity index (χ1n) is 4.85. The summed E-state index contributed by atoms with van der Waals surface area (Å²) in [4.78, 5) is 28.5. The number of hydroxylamine groups is 2. The van der Waals surface area contributed by atoms with Crippen LogP contribution in [0.25, 0.3) is 0 Å². The molecule has 0 saturated carbocycles. The highest BCUT2D eigenvalue weighted by Gasteiger charge is 2.30. The summed E-state index contributed by atoms with van der Waals surface area (Å²) in [6, 6.07) is 0. The molecule has 1 rings (SSSR count). The molecule has 0 bridgehead atoms. The van der Waals surface area contributed by atoms with E-state index in [-0.39, 0.29) is 18.4 Å². The van der Waals surface area contributed by atoms with Crippen LogP contribution in [-0.2, 0) is 9.63 Å². The van der Waals surface area contributed by atoms with Crippen LogP contribution < -0.4 is 0 Å². The maximum atomic E-state index is 11.7. The van der Waals surface area contributed by atoms with Crippen molar-refractivity contribution in [2.75, 3.05) is 27.2 Å². The first-order valence-corrected chi connectivity index (χ1v) is 4.85. The summed E-state index contributed by atoms with van der Waals surface area (Å²) in [6.07, 6.45) is 0.476. The minimum atomic E-state index is -0.965. The van der Waals surface area contributed by atoms with E-state index in [0.29, 0.717) is 6.54 Å². The van der Waals surface area contributed by atoms with E-state index >= 15 is 0 Å². The smallest absolute Gasteiger partial charge is 0.407 e. The third-order valence-corrected chi connectivity index (χ3v) is 2.63. The van der Waals surface area contributed by atoms with E-state index in [1.807, 2.05) is 0 Å². The number of likely N-dealkylation sites (tertiary alicyclic amines) is 1. The molecule has 1 aliphatic heterocycles. The summed E-state index contributed by atoms with van der Waals surface area (Å²) >= 11 is 0. The summed E-state index contributed by atoms with van der Waals surface area (Å²) in [5.41, 5.74) is 0. The van der Waals surface area contributed by atoms with Gasteiger partial charge in [-0.3, -0.25) is 9.63 Å². The summed E-state index contributed by atoms with van der Waals surface area (Å²) in [5, 5.41) is 9.95. The normalized spacial score (nSPS) is 21.2. The number of hydrogen-bond acceptors (Lipinski definition) is 3. The standard InChI is InChI=1S/C9H16N2O4/c1-10(15-2)8(12)7-4-3-5-11(6-7)9(13)14/h7H,3-6H2,1-2H3,(H,13,14)/t7-/m1/s1. The number of rotatable bonds is 2. The third-order valence-electron chi connectivity index (χ3n) is 2.63. The average molecular weight is 216 g/mol. The molecule has 0 spiro atoms. The second kappa shape index (κ2) is 4.97. The van der Waals surface area contributed by atoms with Crippen molar-refractivity contribution in [1.82, 2.24) is 9.96 Å². The van der Waals surface area contributed by atoms with Crippen LogP contribution >= 0.6 is 0 Å². The predicted molar refractivity (Wildman–Crippen MR) is 52.1 cm³/mol. The van der Waals surface area contributed by atoms with Gasteiger partial charge in [0.15, 0.2) is 0 Å². The molecular formula is C9H16N2O4. The van der Waals surface area contributed by atoms with Gasteiger partial charge in [-0.2, -0.15) is 0 Å². The molecule has 6 heteroatoms. The first kappa shape index (κ1) is 11.8. The van der Waals surface area contributed by atoms with Crippen LogP contribution in [0.2, 0.25) is 0 Å². The summed E-state index contributed by atoms with van der Waals surface area (Å²) in [6.45, 7) is 0.775. The molecule has 1 saturated heterocycles. The molecule has 1 atom stereocenters. The van der Waals surface area contributed by atoms with Gasteiger partial charge in [-0.1, -0.05) is 0 Å². The Balaban J connectivity index is 2.56. The highest BCUT2D eigenvalue weighted by atomic mass is 16.7. The Hall–Kier alpha value is -1.30. The van der Waals surface area contributed by atoms with Crippen LogP contribution in [0.5, 0.6) is 0 Å². The Bertz CT molecular complexity index is 256. The van der Waals surface area contributed by atoms with Gasteiger partial charge in [0.1, 0.15) is 0 Å². The Morgan fingerprint density at radius 2 is 2.20 bits per heavy atom. The van der Waals surface area contributed by atoms with Crippen LogP contribution in [0.15, 0.2) is 0 Å². The predicted octanol–water partition coefficient (Wildman–Crippen LogP) is 0.396. The van der Waals surface area contributed by atoms with Crippen molar-refractivity contribution >= 4 is 12.0 Å². The number of hydrogen-bond donors (Lipinski definition) is 1. The van der Waals surface area contributed by atoms with Crippen molar-refractivity contribution in [3.05, 3.63) is 0 Å². The molecule has 2 amide bonds. The molecule has 86 valence electrons. The van der Waals surface area contributed by atoms with Gasteiger partial charge >= 0.3 is 6.09 Å². The fourth-order valence-corrected chi connectivity index (χ4v) is 1.70. The van der Waals surface area contributed by atoms with E-state index in [1.54, 1.807) is 0 Å². The maximum Gasteiger partial charge on any atom is 0.407 e. The zero-order valence-electron chi connectivity index (χ0n) is 8.97. The van der Waals surface area contributed by atoms with Crippen molar-refractivity contribution in [2.24, 2.45) is 5.92 Å². The molecule has 0 unspecified atom stereocenters. The lowest BCUT2D eigenvalue weighted by molar-refractivity contribution is -0.174. The number of carboxylic acid groups (broad SMARTS) is 1. The van der Waals surface area contributed by atoms with Crippen molar-refractivity contribution in [3.8, 4) is 0 Å². The lowest BCUT2D eigenvalue weighted by Gasteiger charge is -2.31. The van der Waals surface area contributed by atoms with Gasteiger partial charge in [-0.15, -0.1) is 0 Å². The van der Waals surface area contributed by atoms with E-state index < -0.39 is 6.09 Å². The molecule has 0 radical (unpaired) electrons. The van der Waals surface area contributed by atoms with Crippen molar-refractivity contribution in [3.63, 3.8) is 0 Å². The van der Waals surface area contributed by atoms with Crippen molar-refractivity contribution in [1.29, 1.82) is 0 Å². The Labute approximate surface area is 88.4 Å². The fourth-order valence-electron chi connectivity index (χ4n) is 1.70. The molecule has 1 aliphatic rings. The van der Waals surface area contributed by atoms with Crippen LogP contribution in [0.4, 0.5) is 4.79 Å². The molecule has 0 aromatic rings. The Kier molecular flexibility index (Phi) is 3.90. The molecule has 1 heterocycles. The topological polar surface area (TPSA) is 70.1 Å². The molecule has 0 aliphatic carbocycles. The molecule has 0 aromatic heterocycles. The average Bonchev–Trinajstić information content (AvgIpc) is 2.27. The number of carbonyl (C=O) groups excluding carboxylic acids is 1. The third kappa shape index (κ3) is 2.82. The maximum absolute atomic E-state index is 11.7. The summed E-state index contributed by atoms with van der Waals surface area (Å²) in [5.74, 6) is -0.441. The fraction of sp³-hybridized carbons (Fsp3) is 0.778. The SMILES string of the molecule is CON(C)C(=O)[C@@H]1CCCN(C(=O)O)C1. The largest absolute Gasteiger partial charge is 0.465 e. The number of piperidine rings is 1. The second-order valence-electron chi connectivity index (χ2n) is 3.59. The van der Waals surface area contributed by atoms with Crippen molar-refractivity contribution in [2.45, 2.75) is 12.8 Å². The number of amides is 2.